The molecular weight excluding hydrogens is 204 g/mol. The number of urea groups is 1. The molecule has 1 fully saturated rings. The maximum absolute atomic E-state index is 11.8. The molecule has 1 aromatic heterocycles. The number of nitrogens with two attached hydrogens (primary N) is 1. The lowest BCUT2D eigenvalue weighted by molar-refractivity contribution is 0.194. The molecule has 0 bridgehead atoms. The van der Waals surface area contributed by atoms with Gasteiger partial charge in [-0.05, 0) is 12.1 Å². The van der Waals surface area contributed by atoms with Crippen molar-refractivity contribution in [2.75, 3.05) is 20.1 Å². The van der Waals surface area contributed by atoms with Crippen LogP contribution in [0, 0.1) is 0 Å². The molecule has 0 saturated carbocycles. The van der Waals surface area contributed by atoms with Crippen LogP contribution in [0.1, 0.15) is 5.69 Å². The Balaban J connectivity index is 2.04. The van der Waals surface area contributed by atoms with Gasteiger partial charge in [-0.1, -0.05) is 6.07 Å². The van der Waals surface area contributed by atoms with Crippen molar-refractivity contribution in [3.63, 3.8) is 0 Å². The fraction of sp³-hybridized carbons (Fsp3) is 0.455. The van der Waals surface area contributed by atoms with Gasteiger partial charge in [0.1, 0.15) is 0 Å². The Hall–Kier alpha value is -1.62. The Labute approximate surface area is 94.9 Å². The summed E-state index contributed by atoms with van der Waals surface area (Å²) in [6.07, 6.45) is 1.74. The number of rotatable bonds is 3. The molecule has 2 amide bonds. The number of carbonyl (C=O) groups excluding carboxylic acids is 1. The Morgan fingerprint density at radius 2 is 2.38 bits per heavy atom. The van der Waals surface area contributed by atoms with Gasteiger partial charge in [0, 0.05) is 26.3 Å². The van der Waals surface area contributed by atoms with Crippen LogP contribution in [-0.2, 0) is 6.54 Å². The summed E-state index contributed by atoms with van der Waals surface area (Å²) in [5.74, 6) is 0. The number of hydrogen-bond acceptors (Lipinski definition) is 3. The van der Waals surface area contributed by atoms with E-state index in [1.165, 1.54) is 0 Å². The van der Waals surface area contributed by atoms with Gasteiger partial charge in [0.05, 0.1) is 18.3 Å². The second kappa shape index (κ2) is 4.49. The van der Waals surface area contributed by atoms with Crippen LogP contribution >= 0.6 is 0 Å². The minimum Gasteiger partial charge on any atom is -0.328 e. The van der Waals surface area contributed by atoms with Gasteiger partial charge in [0.2, 0.25) is 0 Å². The van der Waals surface area contributed by atoms with E-state index < -0.39 is 0 Å². The number of nitrogens with zero attached hydrogens (tertiary/aromatic N) is 3. The van der Waals surface area contributed by atoms with Gasteiger partial charge in [0.25, 0.3) is 0 Å². The first kappa shape index (κ1) is 10.9. The number of amides is 2. The normalized spacial score (nSPS) is 20.6. The number of hydrogen-bond donors (Lipinski definition) is 1. The lowest BCUT2D eigenvalue weighted by atomic mass is 10.3. The van der Waals surface area contributed by atoms with Gasteiger partial charge in [0.15, 0.2) is 0 Å². The van der Waals surface area contributed by atoms with Crippen LogP contribution in [0.2, 0.25) is 0 Å². The van der Waals surface area contributed by atoms with Gasteiger partial charge in [-0.25, -0.2) is 4.79 Å². The third-order valence-electron chi connectivity index (χ3n) is 2.90. The predicted molar refractivity (Wildman–Crippen MR) is 60.6 cm³/mol. The molecule has 0 radical (unpaired) electrons. The van der Waals surface area contributed by atoms with E-state index in [2.05, 4.69) is 4.98 Å². The third kappa shape index (κ3) is 1.99. The number of likely N-dealkylation sites (N-methyl/N-ethyl adjacent to an activating group) is 1. The molecule has 1 atom stereocenters. The monoisotopic (exact) mass is 220 g/mol. The second-order valence-electron chi connectivity index (χ2n) is 3.98. The Morgan fingerprint density at radius 1 is 1.56 bits per heavy atom. The van der Waals surface area contributed by atoms with Crippen molar-refractivity contribution in [2.45, 2.75) is 12.6 Å². The Morgan fingerprint density at radius 3 is 2.94 bits per heavy atom. The molecule has 86 valence electrons. The fourth-order valence-corrected chi connectivity index (χ4v) is 1.89. The molecule has 1 aromatic rings. The van der Waals surface area contributed by atoms with E-state index in [4.69, 9.17) is 5.73 Å². The average molecular weight is 220 g/mol. The summed E-state index contributed by atoms with van der Waals surface area (Å²) in [7, 11) is 1.79. The quantitative estimate of drug-likeness (QED) is 0.795. The molecule has 5 heteroatoms. The maximum Gasteiger partial charge on any atom is 0.320 e. The van der Waals surface area contributed by atoms with E-state index in [9.17, 15) is 4.79 Å². The van der Waals surface area contributed by atoms with E-state index >= 15 is 0 Å². The van der Waals surface area contributed by atoms with Crippen molar-refractivity contribution in [2.24, 2.45) is 5.73 Å². The molecule has 1 unspecified atom stereocenters. The van der Waals surface area contributed by atoms with E-state index in [1.807, 2.05) is 18.2 Å². The highest BCUT2D eigenvalue weighted by molar-refractivity contribution is 5.76. The summed E-state index contributed by atoms with van der Waals surface area (Å²) in [6, 6.07) is 5.86. The standard InChI is InChI=1S/C11H16N4O/c1-14-10(6-12)8-15(11(14)16)7-9-4-2-3-5-13-9/h2-5,10H,6-8,12H2,1H3. The first-order valence-electron chi connectivity index (χ1n) is 5.34. The lowest BCUT2D eigenvalue weighted by Gasteiger charge is -2.15. The fourth-order valence-electron chi connectivity index (χ4n) is 1.89. The zero-order valence-corrected chi connectivity index (χ0v) is 9.34. The van der Waals surface area contributed by atoms with Crippen molar-refractivity contribution in [3.05, 3.63) is 30.1 Å². The number of carbonyl (C=O) groups is 1. The van der Waals surface area contributed by atoms with Crippen LogP contribution in [0.4, 0.5) is 4.79 Å². The van der Waals surface area contributed by atoms with Gasteiger partial charge in [-0.15, -0.1) is 0 Å². The average Bonchev–Trinajstić information content (AvgIpc) is 2.58. The Kier molecular flexibility index (Phi) is 3.05. The molecule has 2 N–H and O–H groups in total. The van der Waals surface area contributed by atoms with E-state index in [0.717, 1.165) is 5.69 Å². The smallest absolute Gasteiger partial charge is 0.320 e. The summed E-state index contributed by atoms with van der Waals surface area (Å²) in [6.45, 7) is 1.74. The largest absolute Gasteiger partial charge is 0.328 e. The van der Waals surface area contributed by atoms with E-state index in [0.29, 0.717) is 19.6 Å². The second-order valence-corrected chi connectivity index (χ2v) is 3.98. The molecule has 1 aliphatic heterocycles. The van der Waals surface area contributed by atoms with Crippen LogP contribution in [0.15, 0.2) is 24.4 Å². The maximum atomic E-state index is 11.8. The minimum absolute atomic E-state index is 0.0288. The molecular formula is C11H16N4O. The Bertz CT molecular complexity index is 368. The molecule has 0 aromatic carbocycles. The molecule has 2 heterocycles. The van der Waals surface area contributed by atoms with Crippen LogP contribution in [-0.4, -0.2) is 47.0 Å². The molecule has 1 aliphatic rings. The highest BCUT2D eigenvalue weighted by atomic mass is 16.2. The van der Waals surface area contributed by atoms with E-state index in [-0.39, 0.29) is 12.1 Å². The molecule has 0 spiro atoms. The van der Waals surface area contributed by atoms with Crippen molar-refractivity contribution >= 4 is 6.03 Å². The molecule has 16 heavy (non-hydrogen) atoms. The van der Waals surface area contributed by atoms with Crippen molar-refractivity contribution in [1.29, 1.82) is 0 Å². The first-order valence-corrected chi connectivity index (χ1v) is 5.34. The van der Waals surface area contributed by atoms with Gasteiger partial charge < -0.3 is 15.5 Å². The molecule has 0 aliphatic carbocycles. The topological polar surface area (TPSA) is 62.5 Å². The van der Waals surface area contributed by atoms with Gasteiger partial charge >= 0.3 is 6.03 Å². The number of pyridine rings is 1. The van der Waals surface area contributed by atoms with Crippen LogP contribution < -0.4 is 5.73 Å². The van der Waals surface area contributed by atoms with Gasteiger partial charge in [-0.2, -0.15) is 0 Å². The summed E-state index contributed by atoms with van der Waals surface area (Å²) in [5, 5.41) is 0. The summed E-state index contributed by atoms with van der Waals surface area (Å²) in [5.41, 5.74) is 6.51. The molecule has 2 rings (SSSR count). The van der Waals surface area contributed by atoms with Crippen molar-refractivity contribution in [3.8, 4) is 0 Å². The zero-order chi connectivity index (χ0) is 11.5. The summed E-state index contributed by atoms with van der Waals surface area (Å²) < 4.78 is 0. The summed E-state index contributed by atoms with van der Waals surface area (Å²) >= 11 is 0. The lowest BCUT2D eigenvalue weighted by Crippen LogP contribution is -2.35. The van der Waals surface area contributed by atoms with Crippen LogP contribution in [0.25, 0.3) is 0 Å². The minimum atomic E-state index is 0.0288. The first-order chi connectivity index (χ1) is 7.72. The highest BCUT2D eigenvalue weighted by Crippen LogP contribution is 2.15. The predicted octanol–water partition coefficient (Wildman–Crippen LogP) is 0.276. The van der Waals surface area contributed by atoms with Crippen LogP contribution in [0.5, 0.6) is 0 Å². The van der Waals surface area contributed by atoms with Crippen molar-refractivity contribution < 1.29 is 4.79 Å². The molecule has 5 nitrogen and oxygen atoms in total. The van der Waals surface area contributed by atoms with E-state index in [1.54, 1.807) is 23.0 Å². The zero-order valence-electron chi connectivity index (χ0n) is 9.34. The van der Waals surface area contributed by atoms with Gasteiger partial charge in [-0.3, -0.25) is 4.98 Å². The van der Waals surface area contributed by atoms with Crippen molar-refractivity contribution in [1.82, 2.24) is 14.8 Å². The highest BCUT2D eigenvalue weighted by Gasteiger charge is 2.33. The molecule has 1 saturated heterocycles. The number of aromatic nitrogens is 1. The third-order valence-corrected chi connectivity index (χ3v) is 2.90. The summed E-state index contributed by atoms with van der Waals surface area (Å²) in [4.78, 5) is 19.5. The van der Waals surface area contributed by atoms with Crippen LogP contribution in [0.3, 0.4) is 0 Å². The SMILES string of the molecule is CN1C(=O)N(Cc2ccccn2)CC1CN.